The minimum Gasteiger partial charge on any atom is -0.497 e. The summed E-state index contributed by atoms with van der Waals surface area (Å²) < 4.78 is 11.4. The summed E-state index contributed by atoms with van der Waals surface area (Å²) in [7, 11) is 1.56. The molecule has 1 saturated heterocycles. The van der Waals surface area contributed by atoms with E-state index in [9.17, 15) is 14.7 Å². The van der Waals surface area contributed by atoms with Crippen LogP contribution in [0.5, 0.6) is 11.5 Å². The molecule has 3 aromatic rings. The zero-order chi connectivity index (χ0) is 29.5. The number of carbonyl (C=O) groups excluding carboxylic acids is 2. The Balaban J connectivity index is 1.74. The van der Waals surface area contributed by atoms with Crippen LogP contribution >= 0.6 is 23.2 Å². The molecule has 1 unspecified atom stereocenters. The normalized spacial score (nSPS) is 15.6. The molecule has 4 N–H and O–H groups in total. The van der Waals surface area contributed by atoms with E-state index in [1.807, 2.05) is 38.1 Å². The molecule has 218 valence electrons. The highest BCUT2D eigenvalue weighted by Gasteiger charge is 2.32. The number of aliphatic hydroxyl groups excluding tert-OH is 1. The van der Waals surface area contributed by atoms with Crippen LogP contribution in [-0.4, -0.2) is 54.8 Å². The molecule has 3 aromatic carbocycles. The molecule has 0 aromatic heterocycles. The third-order valence-corrected chi connectivity index (χ3v) is 7.12. The minimum absolute atomic E-state index is 0.0530. The number of benzene rings is 3. The topological polar surface area (TPSA) is 112 Å². The van der Waals surface area contributed by atoms with Crippen molar-refractivity contribution in [3.63, 3.8) is 0 Å². The predicted molar refractivity (Wildman–Crippen MR) is 158 cm³/mol. The Hall–Kier alpha value is -3.50. The van der Waals surface area contributed by atoms with Crippen molar-refractivity contribution in [2.75, 3.05) is 26.7 Å². The van der Waals surface area contributed by atoms with Gasteiger partial charge in [0.25, 0.3) is 0 Å². The Labute approximate surface area is 249 Å². The molecule has 1 fully saturated rings. The summed E-state index contributed by atoms with van der Waals surface area (Å²) in [6, 6.07) is 17.7. The zero-order valence-electron chi connectivity index (χ0n) is 23.1. The molecule has 4 rings (SSSR count). The quantitative estimate of drug-likeness (QED) is 0.244. The van der Waals surface area contributed by atoms with Gasteiger partial charge in [-0.15, -0.1) is 0 Å². The van der Waals surface area contributed by atoms with E-state index < -0.39 is 24.3 Å². The van der Waals surface area contributed by atoms with Gasteiger partial charge in [-0.05, 0) is 61.4 Å². The van der Waals surface area contributed by atoms with Crippen LogP contribution in [-0.2, 0) is 4.79 Å². The number of nitrogens with zero attached hydrogens (tertiary/aromatic N) is 1. The number of carbonyl (C=O) groups is 2. The van der Waals surface area contributed by atoms with Crippen LogP contribution in [0.15, 0.2) is 66.7 Å². The molecule has 9 nitrogen and oxygen atoms in total. The maximum Gasteiger partial charge on any atom is 0.318 e. The van der Waals surface area contributed by atoms with E-state index in [2.05, 4.69) is 16.0 Å². The van der Waals surface area contributed by atoms with Gasteiger partial charge in [-0.25, -0.2) is 4.79 Å². The van der Waals surface area contributed by atoms with E-state index in [1.165, 1.54) is 4.90 Å². The smallest absolute Gasteiger partial charge is 0.318 e. The maximum absolute atomic E-state index is 13.4. The fourth-order valence-electron chi connectivity index (χ4n) is 4.60. The van der Waals surface area contributed by atoms with Gasteiger partial charge in [0, 0.05) is 34.8 Å². The lowest BCUT2D eigenvalue weighted by Crippen LogP contribution is -2.54. The van der Waals surface area contributed by atoms with Gasteiger partial charge in [0.15, 0.2) is 0 Å². The fourth-order valence-corrected chi connectivity index (χ4v) is 4.86. The van der Waals surface area contributed by atoms with E-state index in [0.717, 1.165) is 11.1 Å². The largest absolute Gasteiger partial charge is 0.497 e. The second-order valence-corrected chi connectivity index (χ2v) is 10.8. The van der Waals surface area contributed by atoms with Crippen molar-refractivity contribution in [2.45, 2.75) is 38.3 Å². The van der Waals surface area contributed by atoms with Crippen LogP contribution in [0, 0.1) is 0 Å². The number of amides is 3. The Kier molecular flexibility index (Phi) is 10.3. The third kappa shape index (κ3) is 8.04. The molecule has 0 radical (unpaired) electrons. The first-order chi connectivity index (χ1) is 19.6. The molecule has 0 saturated carbocycles. The Bertz CT molecular complexity index is 1340. The van der Waals surface area contributed by atoms with Crippen molar-refractivity contribution in [1.29, 1.82) is 0 Å². The number of rotatable bonds is 10. The lowest BCUT2D eigenvalue weighted by molar-refractivity contribution is -0.123. The molecule has 0 spiro atoms. The van der Waals surface area contributed by atoms with Gasteiger partial charge in [-0.2, -0.15) is 0 Å². The number of urea groups is 1. The van der Waals surface area contributed by atoms with Crippen LogP contribution in [0.4, 0.5) is 4.79 Å². The average Bonchev–Trinajstić information content (AvgIpc) is 2.95. The molecule has 1 heterocycles. The van der Waals surface area contributed by atoms with Crippen molar-refractivity contribution in [2.24, 2.45) is 0 Å². The van der Waals surface area contributed by atoms with Gasteiger partial charge >= 0.3 is 6.03 Å². The Morgan fingerprint density at radius 3 is 2.15 bits per heavy atom. The van der Waals surface area contributed by atoms with E-state index in [-0.39, 0.29) is 18.6 Å². The van der Waals surface area contributed by atoms with Crippen LogP contribution in [0.25, 0.3) is 0 Å². The Morgan fingerprint density at radius 2 is 1.59 bits per heavy atom. The first-order valence-corrected chi connectivity index (χ1v) is 14.0. The zero-order valence-corrected chi connectivity index (χ0v) is 24.6. The second kappa shape index (κ2) is 13.9. The molecule has 3 amide bonds. The van der Waals surface area contributed by atoms with Gasteiger partial charge < -0.3 is 30.1 Å². The van der Waals surface area contributed by atoms with Crippen LogP contribution < -0.4 is 25.4 Å². The van der Waals surface area contributed by atoms with Gasteiger partial charge in [0.05, 0.1) is 25.3 Å². The van der Waals surface area contributed by atoms with Gasteiger partial charge in [-0.3, -0.25) is 10.1 Å². The van der Waals surface area contributed by atoms with E-state index in [1.54, 1.807) is 49.6 Å². The van der Waals surface area contributed by atoms with Gasteiger partial charge in [0.1, 0.15) is 24.3 Å². The molecule has 3 atom stereocenters. The summed E-state index contributed by atoms with van der Waals surface area (Å²) in [5.41, 5.74) is 1.98. The summed E-state index contributed by atoms with van der Waals surface area (Å²) >= 11 is 12.4. The van der Waals surface area contributed by atoms with E-state index >= 15 is 0 Å². The number of hydrogen-bond acceptors (Lipinski definition) is 6. The highest BCUT2D eigenvalue weighted by molar-refractivity contribution is 6.30. The van der Waals surface area contributed by atoms with Crippen LogP contribution in [0.2, 0.25) is 10.0 Å². The van der Waals surface area contributed by atoms with Crippen LogP contribution in [0.3, 0.4) is 0 Å². The lowest BCUT2D eigenvalue weighted by Gasteiger charge is -2.35. The number of methoxy groups -OCH3 is 1. The average molecular weight is 602 g/mol. The number of nitrogens with one attached hydrogen (secondary N) is 3. The summed E-state index contributed by atoms with van der Waals surface area (Å²) in [4.78, 5) is 26.9. The molecule has 0 bridgehead atoms. The summed E-state index contributed by atoms with van der Waals surface area (Å²) in [5, 5.41) is 21.8. The van der Waals surface area contributed by atoms with E-state index in [4.69, 9.17) is 32.7 Å². The minimum atomic E-state index is -1.21. The third-order valence-electron chi connectivity index (χ3n) is 6.61. The molecule has 1 aliphatic rings. The van der Waals surface area contributed by atoms with Crippen molar-refractivity contribution in [1.82, 2.24) is 20.9 Å². The number of hydrogen-bond donors (Lipinski definition) is 4. The second-order valence-electron chi connectivity index (χ2n) is 9.92. The highest BCUT2D eigenvalue weighted by atomic mass is 35.5. The molecular formula is C30H34Cl2N4O5. The predicted octanol–water partition coefficient (Wildman–Crippen LogP) is 4.99. The molecule has 41 heavy (non-hydrogen) atoms. The molecule has 0 aliphatic carbocycles. The van der Waals surface area contributed by atoms with Crippen molar-refractivity contribution < 1.29 is 24.2 Å². The number of ether oxygens (including phenoxy) is 2. The fraction of sp³-hybridized carbons (Fsp3) is 0.333. The first-order valence-electron chi connectivity index (χ1n) is 13.3. The van der Waals surface area contributed by atoms with Crippen molar-refractivity contribution in [3.05, 3.63) is 93.5 Å². The number of piperazine rings is 1. The monoisotopic (exact) mass is 600 g/mol. The van der Waals surface area contributed by atoms with E-state index in [0.29, 0.717) is 40.2 Å². The number of halogens is 2. The SMILES string of the molecule is COc1ccc(C(O)N[C@@H](c2ccc(Cl)cc2)[C@H](NC(=O)N2CCNC(=O)C2)c2ccc(Cl)cc2)c(OC(C)C)c1. The summed E-state index contributed by atoms with van der Waals surface area (Å²) in [6.45, 7) is 4.47. The standard InChI is InChI=1S/C30H34Cl2N4O5/c1-18(2)41-25-16-23(40-3)12-13-24(25)29(38)34-27(19-4-8-21(31)9-5-19)28(20-6-10-22(32)11-7-20)35-30(39)36-15-14-33-26(37)17-36/h4-13,16,18,27-29,34,38H,14-15,17H2,1-3H3,(H,33,37)(H,35,39)/t27-,28+,29?/m0/s1. The van der Waals surface area contributed by atoms with Crippen molar-refractivity contribution in [3.8, 4) is 11.5 Å². The summed E-state index contributed by atoms with van der Waals surface area (Å²) in [5.74, 6) is 0.817. The molecular weight excluding hydrogens is 567 g/mol. The number of aliphatic hydroxyl groups is 1. The lowest BCUT2D eigenvalue weighted by atomic mass is 9.92. The van der Waals surface area contributed by atoms with Gasteiger partial charge in [-0.1, -0.05) is 47.5 Å². The summed E-state index contributed by atoms with van der Waals surface area (Å²) in [6.07, 6.45) is -1.36. The Morgan fingerprint density at radius 1 is 0.976 bits per heavy atom. The highest BCUT2D eigenvalue weighted by Crippen LogP contribution is 2.35. The first kappa shape index (κ1) is 30.5. The maximum atomic E-state index is 13.4. The molecule has 1 aliphatic heterocycles. The van der Waals surface area contributed by atoms with Crippen LogP contribution in [0.1, 0.15) is 48.8 Å². The van der Waals surface area contributed by atoms with Crippen molar-refractivity contribution >= 4 is 35.1 Å². The van der Waals surface area contributed by atoms with Gasteiger partial charge in [0.2, 0.25) is 5.91 Å². The molecule has 11 heteroatoms.